The van der Waals surface area contributed by atoms with Crippen molar-refractivity contribution in [1.29, 1.82) is 0 Å². The zero-order chi connectivity index (χ0) is 44.2. The Morgan fingerprint density at radius 3 is 2.18 bits per heavy atom. The van der Waals surface area contributed by atoms with E-state index < -0.39 is 31.1 Å². The first-order valence-electron chi connectivity index (χ1n) is 20.1. The summed E-state index contributed by atoms with van der Waals surface area (Å²) in [5.41, 5.74) is 11.4. The number of nitrogens with two attached hydrogens (primary N) is 1. The summed E-state index contributed by atoms with van der Waals surface area (Å²) in [5, 5.41) is 2.99. The van der Waals surface area contributed by atoms with Gasteiger partial charge in [0.2, 0.25) is 11.6 Å². The van der Waals surface area contributed by atoms with E-state index in [0.717, 1.165) is 57.9 Å². The van der Waals surface area contributed by atoms with E-state index in [-0.39, 0.29) is 57.9 Å². The van der Waals surface area contributed by atoms with E-state index in [1.807, 2.05) is 89.3 Å². The third-order valence-electron chi connectivity index (χ3n) is 11.2. The maximum absolute atomic E-state index is 12.7. The number of aromatic nitrogens is 2. The molecule has 0 bridgehead atoms. The number of benzene rings is 3. The summed E-state index contributed by atoms with van der Waals surface area (Å²) in [6.45, 7) is 11.9. The van der Waals surface area contributed by atoms with Crippen molar-refractivity contribution in [2.24, 2.45) is 0 Å². The van der Waals surface area contributed by atoms with Crippen molar-refractivity contribution >= 4 is 49.0 Å². The molecule has 0 radical (unpaired) electrons. The van der Waals surface area contributed by atoms with Gasteiger partial charge in [-0.1, -0.05) is 56.3 Å². The Bertz CT molecular complexity index is 2660. The Hall–Kier alpha value is -4.68. The van der Waals surface area contributed by atoms with Crippen LogP contribution in [0.1, 0.15) is 82.6 Å². The van der Waals surface area contributed by atoms with Crippen LogP contribution in [0.3, 0.4) is 0 Å². The first-order valence-corrected chi connectivity index (χ1v) is 22.9. The Labute approximate surface area is 386 Å². The molecule has 62 heavy (non-hydrogen) atoms. The molecule has 2 aliphatic rings. The number of fused-ring (bicyclic) bond motifs is 2. The summed E-state index contributed by atoms with van der Waals surface area (Å²) < 4.78 is 79.1. The van der Waals surface area contributed by atoms with Gasteiger partial charge in [0.15, 0.2) is 5.71 Å². The molecule has 3 aromatic carbocycles. The van der Waals surface area contributed by atoms with E-state index in [0.29, 0.717) is 38.3 Å². The van der Waals surface area contributed by atoms with Gasteiger partial charge in [-0.2, -0.15) is 9.56 Å². The molecule has 0 aliphatic carbocycles. The van der Waals surface area contributed by atoms with Crippen LogP contribution < -0.4 is 50.2 Å². The van der Waals surface area contributed by atoms with E-state index in [1.165, 1.54) is 30.5 Å². The predicted molar refractivity (Wildman–Crippen MR) is 232 cm³/mol. The van der Waals surface area contributed by atoms with Gasteiger partial charge in [0.05, 0.1) is 15.2 Å². The Morgan fingerprint density at radius 1 is 0.855 bits per heavy atom. The number of nitrogens with one attached hydrogen (secondary N) is 1. The number of allylic oxidation sites excluding steroid dienone is 6. The van der Waals surface area contributed by atoms with Gasteiger partial charge in [-0.25, -0.2) is 21.8 Å². The van der Waals surface area contributed by atoms with Crippen LogP contribution in [0.15, 0.2) is 119 Å². The minimum atomic E-state index is -4.67. The number of hydrogen-bond donors (Lipinski definition) is 2. The minimum absolute atomic E-state index is 0. The molecule has 2 aliphatic heterocycles. The smallest absolute Gasteiger partial charge is 0.744 e. The van der Waals surface area contributed by atoms with Crippen molar-refractivity contribution in [3.63, 3.8) is 0 Å². The zero-order valence-electron chi connectivity index (χ0n) is 35.9. The first-order chi connectivity index (χ1) is 28.8. The van der Waals surface area contributed by atoms with Crippen LogP contribution in [-0.4, -0.2) is 65.2 Å². The van der Waals surface area contributed by atoms with Gasteiger partial charge in [0.1, 0.15) is 39.2 Å². The van der Waals surface area contributed by atoms with E-state index in [1.54, 1.807) is 18.2 Å². The second-order valence-electron chi connectivity index (χ2n) is 16.0. The maximum Gasteiger partial charge on any atom is 1.00 e. The number of carbonyl (C=O) groups excluding carboxylic acids is 1. The van der Waals surface area contributed by atoms with E-state index in [2.05, 4.69) is 24.8 Å². The average Bonchev–Trinajstić information content (AvgIpc) is 3.56. The van der Waals surface area contributed by atoms with Crippen molar-refractivity contribution in [3.05, 3.63) is 131 Å². The molecule has 0 saturated carbocycles. The number of carbonyl (C=O) groups is 1. The summed E-state index contributed by atoms with van der Waals surface area (Å²) in [4.78, 5) is 22.4. The molecule has 17 heteroatoms. The van der Waals surface area contributed by atoms with Crippen molar-refractivity contribution in [2.45, 2.75) is 94.1 Å². The summed E-state index contributed by atoms with van der Waals surface area (Å²) >= 11 is 0. The van der Waals surface area contributed by atoms with Crippen LogP contribution in [0.4, 0.5) is 17.2 Å². The monoisotopic (exact) mass is 890 g/mol. The standard InChI is InChI=1S/C45H52N6O8S2.Na/c1-6-50-37-22-20-33(60(53,54)55)27-35(37)44(2,3)39(50)13-9-7-10-14-40-45(4,5)36-28-34(61(56,57)58)21-23-38(36)51(40)26-12-8-11-15-42(52)48-29-31-16-18-32(19-17-31)30-59-43-47-25-24-41(46)49-43;/h7,9-10,13-14,16-25,27-28H,6,8,11-12,15,26,29-30H2,1-5H3,(H4-,46,47,48,49,52,53,54,55,56,57,58);/q;+1/p-1. The third-order valence-corrected chi connectivity index (χ3v) is 12.8. The Kier molecular flexibility index (Phi) is 15.4. The molecule has 322 valence electrons. The summed E-state index contributed by atoms with van der Waals surface area (Å²) in [6.07, 6.45) is 13.8. The van der Waals surface area contributed by atoms with Gasteiger partial charge in [0, 0.05) is 66.6 Å². The molecule has 4 aromatic rings. The van der Waals surface area contributed by atoms with E-state index in [9.17, 15) is 30.7 Å². The fraction of sp³-hybridized carbons (Fsp3) is 0.333. The number of ether oxygens (including phenoxy) is 1. The van der Waals surface area contributed by atoms with Gasteiger partial charge in [-0.05, 0) is 92.8 Å². The van der Waals surface area contributed by atoms with E-state index >= 15 is 0 Å². The van der Waals surface area contributed by atoms with Crippen molar-refractivity contribution in [2.75, 3.05) is 23.7 Å². The molecular formula is C45H51N6NaO8S2. The van der Waals surface area contributed by atoms with Gasteiger partial charge >= 0.3 is 35.6 Å². The molecular weight excluding hydrogens is 840 g/mol. The molecule has 0 fully saturated rings. The molecule has 3 heterocycles. The van der Waals surface area contributed by atoms with Crippen molar-refractivity contribution in [1.82, 2.24) is 15.3 Å². The molecule has 3 N–H and O–H groups in total. The SMILES string of the molecule is CCN1/C(=C/C=C/C=C/C2=[N+](CCCCCC(=O)NCc3ccc(COc4nccc(N)n4)cc3)c3ccc(S(=O)(=O)[O-])cc3C2(C)C)C(C)(C)c2cc(S(=O)(=O)[O-])ccc21.[Na+]. The van der Waals surface area contributed by atoms with Gasteiger partial charge in [-0.15, -0.1) is 0 Å². The van der Waals surface area contributed by atoms with Crippen LogP contribution in [-0.2, 0) is 49.0 Å². The third kappa shape index (κ3) is 11.1. The summed E-state index contributed by atoms with van der Waals surface area (Å²) in [7, 11) is -9.28. The van der Waals surface area contributed by atoms with Gasteiger partial charge < -0.3 is 29.8 Å². The molecule has 0 spiro atoms. The number of unbranched alkanes of at least 4 members (excludes halogenated alkanes) is 2. The van der Waals surface area contributed by atoms with Gasteiger partial charge in [0.25, 0.3) is 0 Å². The number of anilines is 2. The Balaban J connectivity index is 0.00000726. The average molecular weight is 891 g/mol. The second-order valence-corrected chi connectivity index (χ2v) is 18.8. The maximum atomic E-state index is 12.7. The molecule has 6 rings (SSSR count). The van der Waals surface area contributed by atoms with Crippen LogP contribution in [0.5, 0.6) is 6.01 Å². The van der Waals surface area contributed by atoms with Crippen molar-refractivity contribution in [3.8, 4) is 6.01 Å². The number of nitrogen functional groups attached to an aromatic ring is 1. The zero-order valence-corrected chi connectivity index (χ0v) is 39.6. The number of nitrogens with zero attached hydrogens (tertiary/aromatic N) is 4. The summed E-state index contributed by atoms with van der Waals surface area (Å²) in [6, 6.07) is 18.5. The number of rotatable bonds is 17. The molecule has 14 nitrogen and oxygen atoms in total. The van der Waals surface area contributed by atoms with Crippen LogP contribution >= 0.6 is 0 Å². The predicted octanol–water partition coefficient (Wildman–Crippen LogP) is 3.52. The molecule has 0 unspecified atom stereocenters. The molecule has 1 aromatic heterocycles. The molecule has 1 amide bonds. The van der Waals surface area contributed by atoms with Gasteiger partial charge in [-0.3, -0.25) is 4.79 Å². The Morgan fingerprint density at radius 2 is 1.52 bits per heavy atom. The quantitative estimate of drug-likeness (QED) is 0.0513. The minimum Gasteiger partial charge on any atom is -0.744 e. The number of likely N-dealkylation sites (N-methyl/N-ethyl adjacent to an activating group) is 1. The van der Waals surface area contributed by atoms with Crippen LogP contribution in [0, 0.1) is 0 Å². The molecule has 0 atom stereocenters. The largest absolute Gasteiger partial charge is 1.00 e. The first kappa shape index (κ1) is 48.4. The fourth-order valence-electron chi connectivity index (χ4n) is 7.91. The van der Waals surface area contributed by atoms with Crippen LogP contribution in [0.2, 0.25) is 0 Å². The number of amides is 1. The second kappa shape index (κ2) is 19.8. The fourth-order valence-corrected chi connectivity index (χ4v) is 8.90. The topological polar surface area (TPSA) is 211 Å². The summed E-state index contributed by atoms with van der Waals surface area (Å²) in [5.74, 6) is 0.283. The number of hydrogen-bond acceptors (Lipinski definition) is 12. The molecule has 0 saturated heterocycles. The van der Waals surface area contributed by atoms with Crippen molar-refractivity contribution < 1.29 is 69.6 Å². The normalized spacial score (nSPS) is 16.2. The van der Waals surface area contributed by atoms with Crippen LogP contribution in [0.25, 0.3) is 0 Å². The van der Waals surface area contributed by atoms with E-state index in [4.69, 9.17) is 10.5 Å².